The van der Waals surface area contributed by atoms with Gasteiger partial charge in [0.05, 0.1) is 39.9 Å². The van der Waals surface area contributed by atoms with Gasteiger partial charge in [-0.15, -0.1) is 0 Å². The zero-order chi connectivity index (χ0) is 29.4. The number of thiocarbonyl (C=S) groups is 1. The van der Waals surface area contributed by atoms with E-state index in [1.807, 2.05) is 0 Å². The van der Waals surface area contributed by atoms with Crippen LogP contribution in [0.25, 0.3) is 0 Å². The van der Waals surface area contributed by atoms with Crippen LogP contribution in [0.3, 0.4) is 0 Å². The lowest BCUT2D eigenvalue weighted by Gasteiger charge is -2.30. The minimum Gasteiger partial charge on any atom is -0.483 e. The fraction of sp³-hybridized carbons (Fsp3) is 0.308. The van der Waals surface area contributed by atoms with Crippen LogP contribution in [0.15, 0.2) is 57.2 Å². The van der Waals surface area contributed by atoms with Gasteiger partial charge in [-0.25, -0.2) is 10.2 Å². The highest BCUT2D eigenvalue weighted by atomic mass is 79.9. The van der Waals surface area contributed by atoms with Gasteiger partial charge in [-0.05, 0) is 68.0 Å². The fourth-order valence-electron chi connectivity index (χ4n) is 3.77. The molecular weight excluding hydrogens is 606 g/mol. The number of rotatable bonds is 11. The molecule has 3 N–H and O–H groups in total. The summed E-state index contributed by atoms with van der Waals surface area (Å²) in [6.45, 7) is 6.76. The molecule has 0 aliphatic carbocycles. The van der Waals surface area contributed by atoms with E-state index in [0.29, 0.717) is 37.7 Å². The number of nitrogens with one attached hydrogen (secondary N) is 3. The molecule has 0 saturated carbocycles. The van der Waals surface area contributed by atoms with Gasteiger partial charge in [0.15, 0.2) is 11.7 Å². The van der Waals surface area contributed by atoms with Crippen molar-refractivity contribution in [1.82, 2.24) is 16.1 Å². The first-order valence-electron chi connectivity index (χ1n) is 12.1. The third kappa shape index (κ3) is 7.76. The average molecular weight is 635 g/mol. The highest BCUT2D eigenvalue weighted by Gasteiger charge is 2.32. The quantitative estimate of drug-likeness (QED) is 0.109. The SMILES string of the molecule is CCOC(=O)C1=C(C)NC(=S)N[C@@H]1c1ccccc1OCC(=O)NN=Cc1cc(Br)c(OC(C)C)c([N+](=O)[O-])c1. The highest BCUT2D eigenvalue weighted by molar-refractivity contribution is 9.10. The number of hydrogen-bond acceptors (Lipinski definition) is 9. The van der Waals surface area contributed by atoms with Crippen LogP contribution >= 0.6 is 28.1 Å². The van der Waals surface area contributed by atoms with Gasteiger partial charge in [0.25, 0.3) is 5.91 Å². The van der Waals surface area contributed by atoms with Gasteiger partial charge in [0.1, 0.15) is 5.75 Å². The minimum absolute atomic E-state index is 0.105. The van der Waals surface area contributed by atoms with Crippen LogP contribution in [0.1, 0.15) is 44.9 Å². The number of hydrogen-bond donors (Lipinski definition) is 3. The molecule has 0 spiro atoms. The Hall–Kier alpha value is -4.04. The number of allylic oxidation sites excluding steroid dienone is 1. The molecule has 1 heterocycles. The third-order valence-corrected chi connectivity index (χ3v) is 6.16. The summed E-state index contributed by atoms with van der Waals surface area (Å²) >= 11 is 8.57. The standard InChI is InChI=1S/C26H28BrN5O7S/c1-5-37-25(34)22-15(4)29-26(40)30-23(22)17-8-6-7-9-20(17)38-13-21(33)31-28-12-16-10-18(27)24(39-14(2)3)19(11-16)32(35)36/h6-12,14,23H,5,13H2,1-4H3,(H,31,33)(H2,29,30,40)/t23-/m1/s1. The van der Waals surface area contributed by atoms with Crippen molar-refractivity contribution in [3.8, 4) is 11.5 Å². The minimum atomic E-state index is -0.665. The van der Waals surface area contributed by atoms with E-state index < -0.39 is 29.4 Å². The number of benzene rings is 2. The van der Waals surface area contributed by atoms with Crippen LogP contribution in [0.4, 0.5) is 5.69 Å². The van der Waals surface area contributed by atoms with E-state index in [0.717, 1.165) is 0 Å². The van der Waals surface area contributed by atoms with E-state index in [1.165, 1.54) is 12.3 Å². The molecule has 0 unspecified atom stereocenters. The van der Waals surface area contributed by atoms with E-state index in [-0.39, 0.29) is 24.1 Å². The van der Waals surface area contributed by atoms with Gasteiger partial charge < -0.3 is 24.8 Å². The molecule has 1 aliphatic rings. The van der Waals surface area contributed by atoms with Crippen molar-refractivity contribution in [2.75, 3.05) is 13.2 Å². The maximum atomic E-state index is 12.7. The Morgan fingerprint density at radius 3 is 2.70 bits per heavy atom. The summed E-state index contributed by atoms with van der Waals surface area (Å²) in [7, 11) is 0. The molecule has 1 atom stereocenters. The Morgan fingerprint density at radius 2 is 2.02 bits per heavy atom. The number of ether oxygens (including phenoxy) is 3. The van der Waals surface area contributed by atoms with Gasteiger partial charge in [0, 0.05) is 22.9 Å². The van der Waals surface area contributed by atoms with Crippen LogP contribution in [0.2, 0.25) is 0 Å². The molecule has 0 fully saturated rings. The number of nitro benzene ring substituents is 1. The number of carbonyl (C=O) groups excluding carboxylic acids is 2. The molecular formula is C26H28BrN5O7S. The molecule has 0 aromatic heterocycles. The molecule has 40 heavy (non-hydrogen) atoms. The fourth-order valence-corrected chi connectivity index (χ4v) is 4.61. The number of esters is 1. The summed E-state index contributed by atoms with van der Waals surface area (Å²) in [5.41, 5.74) is 3.91. The predicted molar refractivity (Wildman–Crippen MR) is 155 cm³/mol. The number of nitro groups is 1. The predicted octanol–water partition coefficient (Wildman–Crippen LogP) is 4.03. The molecule has 1 aliphatic heterocycles. The topological polar surface area (TPSA) is 153 Å². The van der Waals surface area contributed by atoms with Crippen molar-refractivity contribution in [3.63, 3.8) is 0 Å². The highest BCUT2D eigenvalue weighted by Crippen LogP contribution is 2.37. The molecule has 12 nitrogen and oxygen atoms in total. The number of halogens is 1. The third-order valence-electron chi connectivity index (χ3n) is 5.35. The Kier molecular flexibility index (Phi) is 10.6. The molecule has 0 radical (unpaired) electrons. The van der Waals surface area contributed by atoms with Crippen LogP contribution in [-0.2, 0) is 14.3 Å². The molecule has 0 bridgehead atoms. The van der Waals surface area contributed by atoms with E-state index in [1.54, 1.807) is 58.0 Å². The molecule has 1 amide bonds. The lowest BCUT2D eigenvalue weighted by molar-refractivity contribution is -0.386. The van der Waals surface area contributed by atoms with Crippen LogP contribution in [-0.4, -0.2) is 47.4 Å². The normalized spacial score (nSPS) is 14.9. The lowest BCUT2D eigenvalue weighted by atomic mass is 9.95. The van der Waals surface area contributed by atoms with Crippen LogP contribution in [0.5, 0.6) is 11.5 Å². The maximum absolute atomic E-state index is 12.7. The van der Waals surface area contributed by atoms with Gasteiger partial charge >= 0.3 is 11.7 Å². The summed E-state index contributed by atoms with van der Waals surface area (Å²) in [6.07, 6.45) is 1.000. The number of carbonyl (C=O) groups is 2. The summed E-state index contributed by atoms with van der Waals surface area (Å²) in [5.74, 6) is -0.636. The number of para-hydroxylation sites is 1. The smallest absolute Gasteiger partial charge is 0.338 e. The first kappa shape index (κ1) is 30.5. The van der Waals surface area contributed by atoms with Gasteiger partial charge in [0.2, 0.25) is 5.75 Å². The average Bonchev–Trinajstić information content (AvgIpc) is 2.88. The largest absolute Gasteiger partial charge is 0.483 e. The second-order valence-electron chi connectivity index (χ2n) is 8.68. The first-order chi connectivity index (χ1) is 19.0. The second kappa shape index (κ2) is 13.8. The van der Waals surface area contributed by atoms with Crippen LogP contribution in [0, 0.1) is 10.1 Å². The van der Waals surface area contributed by atoms with Crippen molar-refractivity contribution >= 4 is 57.0 Å². The van der Waals surface area contributed by atoms with E-state index >= 15 is 0 Å². The summed E-state index contributed by atoms with van der Waals surface area (Å²) in [5, 5.41) is 21.7. The summed E-state index contributed by atoms with van der Waals surface area (Å²) in [4.78, 5) is 36.1. The Bertz CT molecular complexity index is 1380. The summed E-state index contributed by atoms with van der Waals surface area (Å²) in [6, 6.07) is 9.12. The second-order valence-corrected chi connectivity index (χ2v) is 9.95. The van der Waals surface area contributed by atoms with Gasteiger partial charge in [-0.1, -0.05) is 18.2 Å². The van der Waals surface area contributed by atoms with E-state index in [4.69, 9.17) is 26.4 Å². The monoisotopic (exact) mass is 633 g/mol. The molecule has 2 aromatic carbocycles. The molecule has 14 heteroatoms. The van der Waals surface area contributed by atoms with Crippen LogP contribution < -0.4 is 25.5 Å². The van der Waals surface area contributed by atoms with E-state index in [9.17, 15) is 19.7 Å². The van der Waals surface area contributed by atoms with Gasteiger partial charge in [-0.3, -0.25) is 14.9 Å². The lowest BCUT2D eigenvalue weighted by Crippen LogP contribution is -2.45. The molecule has 212 valence electrons. The molecule has 0 saturated heterocycles. The van der Waals surface area contributed by atoms with Crippen molar-refractivity contribution in [1.29, 1.82) is 0 Å². The number of hydrazone groups is 1. The number of nitrogens with zero attached hydrogens (tertiary/aromatic N) is 2. The Morgan fingerprint density at radius 1 is 1.30 bits per heavy atom. The first-order valence-corrected chi connectivity index (χ1v) is 13.4. The van der Waals surface area contributed by atoms with Crippen molar-refractivity contribution in [2.45, 2.75) is 39.8 Å². The zero-order valence-electron chi connectivity index (χ0n) is 22.1. The molecule has 3 rings (SSSR count). The maximum Gasteiger partial charge on any atom is 0.338 e. The van der Waals surface area contributed by atoms with Crippen molar-refractivity contribution < 1.29 is 28.7 Å². The summed E-state index contributed by atoms with van der Waals surface area (Å²) < 4.78 is 16.9. The Balaban J connectivity index is 1.72. The van der Waals surface area contributed by atoms with Gasteiger partial charge in [-0.2, -0.15) is 5.10 Å². The van der Waals surface area contributed by atoms with E-state index in [2.05, 4.69) is 37.1 Å². The van der Waals surface area contributed by atoms with Crippen molar-refractivity contribution in [2.24, 2.45) is 5.10 Å². The Labute approximate surface area is 244 Å². The molecule has 2 aromatic rings. The number of amides is 1. The van der Waals surface area contributed by atoms with Crippen molar-refractivity contribution in [3.05, 3.63) is 73.4 Å². The zero-order valence-corrected chi connectivity index (χ0v) is 24.6.